The third kappa shape index (κ3) is 19.8. The van der Waals surface area contributed by atoms with E-state index in [4.69, 9.17) is 0 Å². The third-order valence-electron chi connectivity index (χ3n) is 18.7. The monoisotopic (exact) mass is 1270 g/mol. The van der Waals surface area contributed by atoms with Crippen LogP contribution in [0, 0.1) is 23.7 Å². The molecule has 1 aromatic carbocycles. The summed E-state index contributed by atoms with van der Waals surface area (Å²) < 4.78 is 40.8. The Balaban J connectivity index is 1.54. The number of alkyl halides is 3. The maximum absolute atomic E-state index is 15.0. The van der Waals surface area contributed by atoms with Crippen LogP contribution in [0.2, 0.25) is 0 Å². The molecule has 22 nitrogen and oxygen atoms in total. The van der Waals surface area contributed by atoms with Crippen LogP contribution in [-0.2, 0) is 65.3 Å². The van der Waals surface area contributed by atoms with E-state index in [1.807, 2.05) is 34.6 Å². The molecule has 2 heterocycles. The molecule has 4 aliphatic rings. The molecule has 25 heteroatoms. The maximum Gasteiger partial charge on any atom is 0.416 e. The van der Waals surface area contributed by atoms with Crippen molar-refractivity contribution in [2.24, 2.45) is 23.7 Å². The predicted octanol–water partition coefficient (Wildman–Crippen LogP) is 4.90. The molecule has 0 unspecified atom stereocenters. The van der Waals surface area contributed by atoms with Crippen molar-refractivity contribution in [1.82, 2.24) is 55.6 Å². The zero-order valence-electron chi connectivity index (χ0n) is 55.5. The summed E-state index contributed by atoms with van der Waals surface area (Å²) >= 11 is 0. The average Bonchev–Trinajstić information content (AvgIpc) is 1.65. The number of aryl methyl sites for hydroxylation is 1. The van der Waals surface area contributed by atoms with Gasteiger partial charge in [0.15, 0.2) is 0 Å². The number of fused-ring (bicyclic) bond motifs is 1. The molecular weight excluding hydrogens is 1170 g/mol. The maximum atomic E-state index is 15.0. The minimum Gasteiger partial charge on any atom is -0.351 e. The highest BCUT2D eigenvalue weighted by Crippen LogP contribution is 2.35. The molecule has 1 aromatic rings. The first-order valence-electron chi connectivity index (χ1n) is 32.4. The number of nitrogens with zero attached hydrogens (tertiary/aromatic N) is 7. The van der Waals surface area contributed by atoms with Crippen LogP contribution in [0.3, 0.4) is 0 Å². The lowest BCUT2D eigenvalue weighted by molar-refractivity contribution is -0.149. The number of carbonyl (C=O) groups is 11. The van der Waals surface area contributed by atoms with Gasteiger partial charge >= 0.3 is 6.18 Å². The first kappa shape index (κ1) is 73.9. The predicted molar refractivity (Wildman–Crippen MR) is 332 cm³/mol. The van der Waals surface area contributed by atoms with Crippen molar-refractivity contribution in [2.45, 2.75) is 218 Å². The van der Waals surface area contributed by atoms with Gasteiger partial charge in [-0.25, -0.2) is 0 Å². The molecular formula is C65H102F3N11O11. The minimum atomic E-state index is -4.60. The fraction of sp³-hybridized carbons (Fsp3) is 0.738. The van der Waals surface area contributed by atoms with Crippen LogP contribution in [-0.4, -0.2) is 216 Å². The van der Waals surface area contributed by atoms with Gasteiger partial charge in [-0.1, -0.05) is 105 Å². The number of likely N-dealkylation sites (N-methyl/N-ethyl adjacent to an activating group) is 6. The Labute approximate surface area is 530 Å². The number of hydrogen-bond acceptors (Lipinski definition) is 11. The number of amides is 11. The Morgan fingerprint density at radius 1 is 0.589 bits per heavy atom. The average molecular weight is 1270 g/mol. The highest BCUT2D eigenvalue weighted by molar-refractivity contribution is 5.99. The first-order valence-corrected chi connectivity index (χ1v) is 32.4. The third-order valence-corrected chi connectivity index (χ3v) is 18.7. The second-order valence-corrected chi connectivity index (χ2v) is 26.9. The van der Waals surface area contributed by atoms with Crippen molar-refractivity contribution in [3.63, 3.8) is 0 Å². The lowest BCUT2D eigenvalue weighted by atomic mass is 9.84. The zero-order chi connectivity index (χ0) is 67.1. The lowest BCUT2D eigenvalue weighted by Crippen LogP contribution is -2.64. The topological polar surface area (TPSA) is 259 Å². The van der Waals surface area contributed by atoms with Crippen LogP contribution in [0.1, 0.15) is 169 Å². The number of hydrogen-bond donors (Lipinski definition) is 4. The van der Waals surface area contributed by atoms with Crippen LogP contribution >= 0.6 is 0 Å². The number of nitrogens with one attached hydrogen (secondary N) is 4. The van der Waals surface area contributed by atoms with Crippen molar-refractivity contribution in [3.05, 3.63) is 35.4 Å². The summed E-state index contributed by atoms with van der Waals surface area (Å²) in [5.41, 5.74) is -1.93. The summed E-state index contributed by atoms with van der Waals surface area (Å²) in [4.78, 5) is 168. The van der Waals surface area contributed by atoms with Crippen molar-refractivity contribution >= 4 is 65.0 Å². The van der Waals surface area contributed by atoms with Gasteiger partial charge in [-0.05, 0) is 106 Å². The van der Waals surface area contributed by atoms with Crippen molar-refractivity contribution < 1.29 is 65.9 Å². The summed E-state index contributed by atoms with van der Waals surface area (Å²) in [5, 5.41) is 11.6. The Bertz CT molecular complexity index is 2700. The van der Waals surface area contributed by atoms with Gasteiger partial charge in [0.25, 0.3) is 0 Å². The zero-order valence-corrected chi connectivity index (χ0v) is 55.5. The lowest BCUT2D eigenvalue weighted by Gasteiger charge is -2.39. The summed E-state index contributed by atoms with van der Waals surface area (Å²) in [6.07, 6.45) is 2.71. The van der Waals surface area contributed by atoms with Gasteiger partial charge in [0.2, 0.25) is 65.0 Å². The Morgan fingerprint density at radius 3 is 1.72 bits per heavy atom. The van der Waals surface area contributed by atoms with Crippen LogP contribution in [0.4, 0.5) is 13.2 Å². The molecule has 504 valence electrons. The summed E-state index contributed by atoms with van der Waals surface area (Å²) in [6, 6.07) is -3.21. The number of benzene rings is 1. The van der Waals surface area contributed by atoms with E-state index in [1.165, 1.54) is 78.9 Å². The van der Waals surface area contributed by atoms with E-state index in [-0.39, 0.29) is 82.1 Å². The van der Waals surface area contributed by atoms with Gasteiger partial charge in [0.1, 0.15) is 41.8 Å². The first-order chi connectivity index (χ1) is 42.2. The van der Waals surface area contributed by atoms with Gasteiger partial charge in [0, 0.05) is 61.3 Å². The summed E-state index contributed by atoms with van der Waals surface area (Å²) in [7, 11) is 8.61. The fourth-order valence-electron chi connectivity index (χ4n) is 12.9. The smallest absolute Gasteiger partial charge is 0.351 e. The van der Waals surface area contributed by atoms with Crippen molar-refractivity contribution in [3.8, 4) is 0 Å². The fourth-order valence-corrected chi connectivity index (χ4v) is 12.9. The molecule has 0 bridgehead atoms. The molecule has 0 radical (unpaired) electrons. The normalized spacial score (nSPS) is 26.3. The number of carbonyl (C=O) groups excluding carboxylic acids is 11. The molecule has 5 rings (SSSR count). The molecule has 0 aromatic heterocycles. The van der Waals surface area contributed by atoms with Gasteiger partial charge in [-0.15, -0.1) is 0 Å². The quantitative estimate of drug-likeness (QED) is 0.232. The van der Waals surface area contributed by atoms with Gasteiger partial charge in [0.05, 0.1) is 25.2 Å². The Morgan fingerprint density at radius 2 is 1.14 bits per heavy atom. The standard InChI is InChI=1S/C65H102F3N11O11/c1-14-42(6)56-62(89)75(10)38-54(82)73(8)39-55(83)77(12)51(36-45-21-16-15-17-22-45)61(88)74(9)37-52(80)70-47(29-26-44-24-27-46(28-25-44)65(66,67)68)60(87)79-32-20-23-48(79)59(86)72-64(30-18-19-31-64)63(90)78(13)50(34-41(4)5)57(84)69-43(7)35-53(81)76(11)49(33-40(2)3)58(85)71-56/h24-25,27-28,40-43,45,47-51,56H,14-23,26,29-39H2,1-13H3,(H,69,84)(H,70,80)(H,71,85)(H,72,86)/t42-,43+,47-,48-,49-,50-,51-,56-/m0/s1. The minimum absolute atomic E-state index is 0.0188. The molecule has 4 fully saturated rings. The van der Waals surface area contributed by atoms with E-state index in [2.05, 4.69) is 21.3 Å². The van der Waals surface area contributed by atoms with Gasteiger partial charge in [-0.2, -0.15) is 13.2 Å². The molecule has 11 amide bonds. The summed E-state index contributed by atoms with van der Waals surface area (Å²) in [5.74, 6) is -7.24. The van der Waals surface area contributed by atoms with E-state index < -0.39 is 150 Å². The van der Waals surface area contributed by atoms with Crippen LogP contribution in [0.15, 0.2) is 24.3 Å². The SMILES string of the molecule is CC[C@H](C)[C@@H]1NC(=O)[C@H](CC(C)C)N(C)C(=O)C[C@@H](C)NC(=O)[C@H](CC(C)C)N(C)C(=O)C2(CCCC2)NC(=O)[C@@H]2CCCN2C(=O)[C@H](CCc2ccc(C(F)(F)F)cc2)NC(=O)CN(C)C(=O)[C@H](CC2CCCCC2)N(C)C(=O)CN(C)C(=O)CN(C)C1=O. The van der Waals surface area contributed by atoms with Crippen molar-refractivity contribution in [2.75, 3.05) is 68.5 Å². The Kier molecular flexibility index (Phi) is 27.1. The van der Waals surface area contributed by atoms with Crippen molar-refractivity contribution in [1.29, 1.82) is 0 Å². The number of rotatable bonds is 11. The van der Waals surface area contributed by atoms with Crippen LogP contribution in [0.25, 0.3) is 0 Å². The molecule has 2 aliphatic heterocycles. The van der Waals surface area contributed by atoms with E-state index in [9.17, 15) is 61.1 Å². The molecule has 2 aliphatic carbocycles. The molecule has 8 atom stereocenters. The van der Waals surface area contributed by atoms with E-state index in [1.54, 1.807) is 13.8 Å². The number of halogens is 3. The van der Waals surface area contributed by atoms with Crippen LogP contribution < -0.4 is 21.3 Å². The van der Waals surface area contributed by atoms with E-state index >= 15 is 4.79 Å². The highest BCUT2D eigenvalue weighted by atomic mass is 19.4. The molecule has 4 N–H and O–H groups in total. The highest BCUT2D eigenvalue weighted by Gasteiger charge is 2.49. The Hall–Kier alpha value is -6.82. The van der Waals surface area contributed by atoms with Gasteiger partial charge in [-0.3, -0.25) is 52.7 Å². The van der Waals surface area contributed by atoms with Crippen LogP contribution in [0.5, 0.6) is 0 Å². The van der Waals surface area contributed by atoms with E-state index in [0.717, 1.165) is 54.0 Å². The summed E-state index contributed by atoms with van der Waals surface area (Å²) in [6.45, 7) is 11.3. The van der Waals surface area contributed by atoms with Gasteiger partial charge < -0.3 is 55.6 Å². The molecule has 2 saturated carbocycles. The molecule has 2 saturated heterocycles. The largest absolute Gasteiger partial charge is 0.416 e. The molecule has 90 heavy (non-hydrogen) atoms. The second kappa shape index (κ2) is 33.0. The second-order valence-electron chi connectivity index (χ2n) is 26.9. The van der Waals surface area contributed by atoms with E-state index in [0.29, 0.717) is 31.2 Å². The molecule has 1 spiro atoms.